The van der Waals surface area contributed by atoms with E-state index in [0.717, 1.165) is 4.47 Å². The van der Waals surface area contributed by atoms with E-state index in [0.29, 0.717) is 22.9 Å². The first-order valence-corrected chi connectivity index (χ1v) is 6.13. The number of halogens is 1. The summed E-state index contributed by atoms with van der Waals surface area (Å²) < 4.78 is 6.38. The summed E-state index contributed by atoms with van der Waals surface area (Å²) in [5.74, 6) is 0.891. The van der Waals surface area contributed by atoms with E-state index < -0.39 is 0 Å². The van der Waals surface area contributed by atoms with Gasteiger partial charge in [0.15, 0.2) is 5.84 Å². The van der Waals surface area contributed by atoms with Crippen LogP contribution in [-0.2, 0) is 0 Å². The van der Waals surface area contributed by atoms with Crippen LogP contribution < -0.4 is 10.5 Å². The van der Waals surface area contributed by atoms with Gasteiger partial charge in [-0.3, -0.25) is 4.98 Å². The average molecular weight is 323 g/mol. The van der Waals surface area contributed by atoms with Gasteiger partial charge in [-0.1, -0.05) is 5.16 Å². The van der Waals surface area contributed by atoms with Crippen LogP contribution >= 0.6 is 15.9 Å². The zero-order valence-electron chi connectivity index (χ0n) is 10.0. The second-order valence-corrected chi connectivity index (χ2v) is 4.68. The normalized spacial score (nSPS) is 11.4. The number of aryl methyl sites for hydroxylation is 1. The van der Waals surface area contributed by atoms with Crippen LogP contribution in [0.4, 0.5) is 0 Å². The largest absolute Gasteiger partial charge is 0.437 e. The van der Waals surface area contributed by atoms with Crippen LogP contribution in [0.2, 0.25) is 0 Å². The van der Waals surface area contributed by atoms with Gasteiger partial charge < -0.3 is 15.7 Å². The summed E-state index contributed by atoms with van der Waals surface area (Å²) in [7, 11) is 0. The van der Waals surface area contributed by atoms with Crippen LogP contribution in [0.25, 0.3) is 0 Å². The summed E-state index contributed by atoms with van der Waals surface area (Å²) in [4.78, 5) is 8.21. The average Bonchev–Trinajstić information content (AvgIpc) is 2.37. The molecule has 0 aliphatic heterocycles. The number of aromatic nitrogens is 2. The third-order valence-electron chi connectivity index (χ3n) is 2.24. The molecule has 0 unspecified atom stereocenters. The molecule has 98 valence electrons. The van der Waals surface area contributed by atoms with Crippen LogP contribution in [0.3, 0.4) is 0 Å². The molecule has 0 saturated heterocycles. The highest BCUT2D eigenvalue weighted by atomic mass is 79.9. The summed E-state index contributed by atoms with van der Waals surface area (Å²) in [6.45, 7) is 1.79. The van der Waals surface area contributed by atoms with Crippen molar-refractivity contribution in [3.8, 4) is 11.6 Å². The molecular weight excluding hydrogens is 312 g/mol. The van der Waals surface area contributed by atoms with Gasteiger partial charge in [-0.05, 0) is 35.0 Å². The molecule has 0 atom stereocenters. The molecule has 6 nitrogen and oxygen atoms in total. The molecule has 0 radical (unpaired) electrons. The molecule has 2 aromatic rings. The molecule has 2 rings (SSSR count). The van der Waals surface area contributed by atoms with Gasteiger partial charge in [0.05, 0.1) is 6.20 Å². The first-order valence-electron chi connectivity index (χ1n) is 5.33. The fraction of sp³-hybridized carbons (Fsp3) is 0.0833. The van der Waals surface area contributed by atoms with Gasteiger partial charge >= 0.3 is 0 Å². The molecule has 7 heteroatoms. The standard InChI is InChI=1S/C12H11BrN4O2/c1-7-2-8(12(14)17-18)3-11(16-7)19-10-4-9(13)5-15-6-10/h2-6,18H,1H3,(H2,14,17). The molecule has 0 bridgehead atoms. The first kappa shape index (κ1) is 13.3. The Labute approximate surface area is 118 Å². The fourth-order valence-electron chi connectivity index (χ4n) is 1.46. The monoisotopic (exact) mass is 322 g/mol. The summed E-state index contributed by atoms with van der Waals surface area (Å²) in [6.07, 6.45) is 3.22. The van der Waals surface area contributed by atoms with E-state index in [9.17, 15) is 0 Å². The Morgan fingerprint density at radius 2 is 2.16 bits per heavy atom. The number of nitrogens with two attached hydrogens (primary N) is 1. The molecule has 0 saturated carbocycles. The zero-order chi connectivity index (χ0) is 13.8. The predicted molar refractivity (Wildman–Crippen MR) is 73.5 cm³/mol. The minimum Gasteiger partial charge on any atom is -0.437 e. The zero-order valence-corrected chi connectivity index (χ0v) is 11.6. The van der Waals surface area contributed by atoms with Crippen LogP contribution in [0, 0.1) is 6.92 Å². The maximum Gasteiger partial charge on any atom is 0.220 e. The molecule has 0 amide bonds. The lowest BCUT2D eigenvalue weighted by molar-refractivity contribution is 0.318. The number of rotatable bonds is 3. The van der Waals surface area contributed by atoms with Crippen molar-refractivity contribution in [2.45, 2.75) is 6.92 Å². The number of hydrogen-bond acceptors (Lipinski definition) is 5. The van der Waals surface area contributed by atoms with Crippen molar-refractivity contribution in [1.82, 2.24) is 9.97 Å². The van der Waals surface area contributed by atoms with Crippen LogP contribution in [0.5, 0.6) is 11.6 Å². The minimum atomic E-state index is 0.00252. The maximum atomic E-state index is 8.68. The van der Waals surface area contributed by atoms with Crippen molar-refractivity contribution in [3.05, 3.63) is 46.3 Å². The molecule has 0 aliphatic rings. The van der Waals surface area contributed by atoms with Gasteiger partial charge in [0.2, 0.25) is 5.88 Å². The molecular formula is C12H11BrN4O2. The first-order chi connectivity index (χ1) is 9.08. The fourth-order valence-corrected chi connectivity index (χ4v) is 1.81. The number of amidine groups is 1. The third-order valence-corrected chi connectivity index (χ3v) is 2.67. The van der Waals surface area contributed by atoms with Gasteiger partial charge in [-0.2, -0.15) is 0 Å². The van der Waals surface area contributed by atoms with Gasteiger partial charge in [0, 0.05) is 28.0 Å². The van der Waals surface area contributed by atoms with Crippen molar-refractivity contribution in [2.24, 2.45) is 10.9 Å². The highest BCUT2D eigenvalue weighted by Gasteiger charge is 2.06. The smallest absolute Gasteiger partial charge is 0.220 e. The highest BCUT2D eigenvalue weighted by molar-refractivity contribution is 9.10. The van der Waals surface area contributed by atoms with E-state index in [4.69, 9.17) is 15.7 Å². The third kappa shape index (κ3) is 3.41. The van der Waals surface area contributed by atoms with Crippen molar-refractivity contribution in [2.75, 3.05) is 0 Å². The van der Waals surface area contributed by atoms with Crippen molar-refractivity contribution >= 4 is 21.8 Å². The van der Waals surface area contributed by atoms with E-state index >= 15 is 0 Å². The Morgan fingerprint density at radius 3 is 2.84 bits per heavy atom. The molecule has 0 aromatic carbocycles. The van der Waals surface area contributed by atoms with Crippen LogP contribution in [-0.4, -0.2) is 21.0 Å². The molecule has 0 aliphatic carbocycles. The second-order valence-electron chi connectivity index (χ2n) is 3.76. The second kappa shape index (κ2) is 5.66. The summed E-state index contributed by atoms with van der Waals surface area (Å²) in [5.41, 5.74) is 6.78. The Morgan fingerprint density at radius 1 is 1.37 bits per heavy atom. The van der Waals surface area contributed by atoms with Gasteiger partial charge in [0.1, 0.15) is 5.75 Å². The van der Waals surface area contributed by atoms with Gasteiger partial charge in [-0.15, -0.1) is 0 Å². The molecule has 3 N–H and O–H groups in total. The lowest BCUT2D eigenvalue weighted by Gasteiger charge is -2.07. The number of oxime groups is 1. The molecule has 0 spiro atoms. The van der Waals surface area contributed by atoms with Gasteiger partial charge in [-0.25, -0.2) is 4.98 Å². The Kier molecular flexibility index (Phi) is 3.96. The predicted octanol–water partition coefficient (Wildman–Crippen LogP) is 2.43. The lowest BCUT2D eigenvalue weighted by Crippen LogP contribution is -2.13. The quantitative estimate of drug-likeness (QED) is 0.392. The number of hydrogen-bond donors (Lipinski definition) is 2. The Balaban J connectivity index is 2.33. The van der Waals surface area contributed by atoms with E-state index in [1.165, 1.54) is 0 Å². The summed E-state index contributed by atoms with van der Waals surface area (Å²) in [6, 6.07) is 5.05. The van der Waals surface area contributed by atoms with E-state index in [-0.39, 0.29) is 5.84 Å². The number of pyridine rings is 2. The van der Waals surface area contributed by atoms with E-state index in [1.807, 2.05) is 0 Å². The van der Waals surface area contributed by atoms with Crippen molar-refractivity contribution in [1.29, 1.82) is 0 Å². The van der Waals surface area contributed by atoms with Crippen LogP contribution in [0.15, 0.2) is 40.2 Å². The van der Waals surface area contributed by atoms with Crippen molar-refractivity contribution < 1.29 is 9.94 Å². The topological polar surface area (TPSA) is 93.6 Å². The molecule has 0 fully saturated rings. The Bertz CT molecular complexity index is 631. The molecule has 2 aromatic heterocycles. The molecule has 19 heavy (non-hydrogen) atoms. The van der Waals surface area contributed by atoms with Gasteiger partial charge in [0.25, 0.3) is 0 Å². The summed E-state index contributed by atoms with van der Waals surface area (Å²) in [5, 5.41) is 11.6. The highest BCUT2D eigenvalue weighted by Crippen LogP contribution is 2.22. The van der Waals surface area contributed by atoms with Crippen molar-refractivity contribution in [3.63, 3.8) is 0 Å². The van der Waals surface area contributed by atoms with E-state index in [1.54, 1.807) is 37.5 Å². The Hall–Kier alpha value is -2.15. The van der Waals surface area contributed by atoms with E-state index in [2.05, 4.69) is 31.1 Å². The molecule has 2 heterocycles. The summed E-state index contributed by atoms with van der Waals surface area (Å²) >= 11 is 3.30. The van der Waals surface area contributed by atoms with Crippen LogP contribution in [0.1, 0.15) is 11.3 Å². The maximum absolute atomic E-state index is 8.68. The minimum absolute atomic E-state index is 0.00252. The lowest BCUT2D eigenvalue weighted by atomic mass is 10.2. The number of nitrogens with zero attached hydrogens (tertiary/aromatic N) is 3. The number of ether oxygens (including phenoxy) is 1. The SMILES string of the molecule is Cc1cc(/C(N)=N/O)cc(Oc2cncc(Br)c2)n1.